The van der Waals surface area contributed by atoms with Crippen molar-refractivity contribution in [2.24, 2.45) is 0 Å². The van der Waals surface area contributed by atoms with Crippen LogP contribution in [0.1, 0.15) is 21.5 Å². The van der Waals surface area contributed by atoms with E-state index in [9.17, 15) is 9.59 Å². The molecular weight excluding hydrogens is 388 g/mol. The fraction of sp³-hybridized carbons (Fsp3) is 0.115. The van der Waals surface area contributed by atoms with Gasteiger partial charge in [-0.1, -0.05) is 60.7 Å². The first-order valence-electron chi connectivity index (χ1n) is 10.0. The van der Waals surface area contributed by atoms with Gasteiger partial charge in [0.15, 0.2) is 6.61 Å². The summed E-state index contributed by atoms with van der Waals surface area (Å²) >= 11 is 0. The van der Waals surface area contributed by atoms with Crippen molar-refractivity contribution < 1.29 is 14.3 Å². The third-order valence-electron chi connectivity index (χ3n) is 5.01. The molecule has 1 aromatic heterocycles. The van der Waals surface area contributed by atoms with Gasteiger partial charge in [-0.2, -0.15) is 0 Å². The van der Waals surface area contributed by atoms with Gasteiger partial charge in [0.2, 0.25) is 0 Å². The van der Waals surface area contributed by atoms with Gasteiger partial charge in [-0.15, -0.1) is 0 Å². The molecule has 1 N–H and O–H groups in total. The third-order valence-corrected chi connectivity index (χ3v) is 5.01. The number of pyridine rings is 1. The third kappa shape index (κ3) is 4.61. The van der Waals surface area contributed by atoms with E-state index in [1.807, 2.05) is 86.6 Å². The minimum absolute atomic E-state index is 0.371. The van der Waals surface area contributed by atoms with Crippen molar-refractivity contribution in [1.82, 2.24) is 4.98 Å². The molecule has 4 aromatic rings. The minimum Gasteiger partial charge on any atom is -0.452 e. The quantitative estimate of drug-likeness (QED) is 0.453. The molecule has 1 heterocycles. The van der Waals surface area contributed by atoms with Crippen LogP contribution in [0.15, 0.2) is 78.9 Å². The van der Waals surface area contributed by atoms with Crippen molar-refractivity contribution >= 4 is 28.5 Å². The van der Waals surface area contributed by atoms with Crippen LogP contribution in [0.3, 0.4) is 0 Å². The summed E-state index contributed by atoms with van der Waals surface area (Å²) in [6.45, 7) is 3.49. The molecule has 5 nitrogen and oxygen atoms in total. The van der Waals surface area contributed by atoms with Crippen LogP contribution in [0, 0.1) is 13.8 Å². The van der Waals surface area contributed by atoms with Crippen LogP contribution < -0.4 is 5.32 Å². The van der Waals surface area contributed by atoms with Crippen molar-refractivity contribution in [2.75, 3.05) is 11.9 Å². The van der Waals surface area contributed by atoms with E-state index in [2.05, 4.69) is 10.3 Å². The SMILES string of the molecule is Cc1ccc(C)c(NC(=O)COC(=O)c2cc(-c3ccccc3)nc3ccccc23)c1. The van der Waals surface area contributed by atoms with E-state index in [1.54, 1.807) is 6.07 Å². The number of anilines is 1. The number of benzene rings is 3. The molecule has 0 unspecified atom stereocenters. The Morgan fingerprint density at radius 3 is 2.45 bits per heavy atom. The Morgan fingerprint density at radius 1 is 0.903 bits per heavy atom. The first kappa shape index (κ1) is 20.3. The maximum absolute atomic E-state index is 12.9. The van der Waals surface area contributed by atoms with Crippen LogP contribution in [0.2, 0.25) is 0 Å². The summed E-state index contributed by atoms with van der Waals surface area (Å²) in [5, 5.41) is 3.49. The molecule has 4 rings (SSSR count). The number of amides is 1. The zero-order chi connectivity index (χ0) is 21.8. The number of aromatic nitrogens is 1. The van der Waals surface area contributed by atoms with Gasteiger partial charge >= 0.3 is 5.97 Å². The molecule has 0 atom stereocenters. The Bertz CT molecular complexity index is 1270. The van der Waals surface area contributed by atoms with E-state index >= 15 is 0 Å². The first-order chi connectivity index (χ1) is 15.0. The standard InChI is InChI=1S/C26H22N2O3/c1-17-12-13-18(2)23(14-17)28-25(29)16-31-26(30)21-15-24(19-8-4-3-5-9-19)27-22-11-7-6-10-20(21)22/h3-15H,16H2,1-2H3,(H,28,29). The lowest BCUT2D eigenvalue weighted by atomic mass is 10.0. The van der Waals surface area contributed by atoms with Crippen LogP contribution in [0.4, 0.5) is 5.69 Å². The lowest BCUT2D eigenvalue weighted by Crippen LogP contribution is -2.21. The minimum atomic E-state index is -0.563. The van der Waals surface area contributed by atoms with Gasteiger partial charge in [0, 0.05) is 16.6 Å². The van der Waals surface area contributed by atoms with Gasteiger partial charge in [-0.3, -0.25) is 4.79 Å². The van der Waals surface area contributed by atoms with Gasteiger partial charge < -0.3 is 10.1 Å². The van der Waals surface area contributed by atoms with E-state index in [4.69, 9.17) is 4.74 Å². The van der Waals surface area contributed by atoms with Gasteiger partial charge in [0.05, 0.1) is 16.8 Å². The maximum atomic E-state index is 12.9. The number of hydrogen-bond donors (Lipinski definition) is 1. The Balaban J connectivity index is 1.56. The highest BCUT2D eigenvalue weighted by molar-refractivity contribution is 6.05. The highest BCUT2D eigenvalue weighted by Crippen LogP contribution is 2.25. The molecule has 0 fully saturated rings. The van der Waals surface area contributed by atoms with Crippen molar-refractivity contribution in [3.05, 3.63) is 95.6 Å². The second-order valence-corrected chi connectivity index (χ2v) is 7.38. The Morgan fingerprint density at radius 2 is 1.65 bits per heavy atom. The summed E-state index contributed by atoms with van der Waals surface area (Å²) in [4.78, 5) is 29.9. The maximum Gasteiger partial charge on any atom is 0.339 e. The Labute approximate surface area is 180 Å². The second-order valence-electron chi connectivity index (χ2n) is 7.38. The summed E-state index contributed by atoms with van der Waals surface area (Å²) in [6, 6.07) is 24.5. The van der Waals surface area contributed by atoms with Crippen molar-refractivity contribution in [1.29, 1.82) is 0 Å². The summed E-state index contributed by atoms with van der Waals surface area (Å²) in [7, 11) is 0. The zero-order valence-corrected chi connectivity index (χ0v) is 17.4. The number of aryl methyl sites for hydroxylation is 2. The average Bonchev–Trinajstić information content (AvgIpc) is 2.79. The smallest absolute Gasteiger partial charge is 0.339 e. The number of carbonyl (C=O) groups excluding carboxylic acids is 2. The molecule has 0 aliphatic heterocycles. The Hall–Kier alpha value is -3.99. The number of fused-ring (bicyclic) bond motifs is 1. The largest absolute Gasteiger partial charge is 0.452 e. The number of hydrogen-bond acceptors (Lipinski definition) is 4. The van der Waals surface area contributed by atoms with E-state index in [0.29, 0.717) is 27.8 Å². The molecule has 0 aliphatic rings. The van der Waals surface area contributed by atoms with Crippen LogP contribution in [-0.4, -0.2) is 23.5 Å². The molecule has 0 bridgehead atoms. The topological polar surface area (TPSA) is 68.3 Å². The number of nitrogens with zero attached hydrogens (tertiary/aromatic N) is 1. The van der Waals surface area contributed by atoms with Crippen LogP contribution in [-0.2, 0) is 9.53 Å². The Kier molecular flexibility index (Phi) is 5.76. The summed E-state index contributed by atoms with van der Waals surface area (Å²) in [5.41, 5.74) is 5.33. The number of para-hydroxylation sites is 1. The van der Waals surface area contributed by atoms with E-state index in [1.165, 1.54) is 0 Å². The van der Waals surface area contributed by atoms with Gasteiger partial charge in [-0.05, 0) is 43.2 Å². The summed E-state index contributed by atoms with van der Waals surface area (Å²) in [5.74, 6) is -0.949. The van der Waals surface area contributed by atoms with Gasteiger partial charge in [-0.25, -0.2) is 9.78 Å². The lowest BCUT2D eigenvalue weighted by molar-refractivity contribution is -0.119. The van der Waals surface area contributed by atoms with Crippen LogP contribution in [0.5, 0.6) is 0 Å². The number of carbonyl (C=O) groups is 2. The summed E-state index contributed by atoms with van der Waals surface area (Å²) in [6.07, 6.45) is 0. The molecule has 0 radical (unpaired) electrons. The molecule has 0 saturated heterocycles. The molecule has 31 heavy (non-hydrogen) atoms. The van der Waals surface area contributed by atoms with E-state index in [0.717, 1.165) is 16.7 Å². The number of rotatable bonds is 5. The lowest BCUT2D eigenvalue weighted by Gasteiger charge is -2.11. The highest BCUT2D eigenvalue weighted by Gasteiger charge is 2.17. The van der Waals surface area contributed by atoms with Crippen LogP contribution in [0.25, 0.3) is 22.2 Å². The average molecular weight is 410 g/mol. The van der Waals surface area contributed by atoms with Crippen molar-refractivity contribution in [3.8, 4) is 11.3 Å². The molecule has 154 valence electrons. The fourth-order valence-corrected chi connectivity index (χ4v) is 3.37. The molecule has 0 aliphatic carbocycles. The highest BCUT2D eigenvalue weighted by atomic mass is 16.5. The van der Waals surface area contributed by atoms with Gasteiger partial charge in [0.25, 0.3) is 5.91 Å². The molecule has 0 spiro atoms. The van der Waals surface area contributed by atoms with Crippen molar-refractivity contribution in [3.63, 3.8) is 0 Å². The first-order valence-corrected chi connectivity index (χ1v) is 10.0. The van der Waals surface area contributed by atoms with E-state index < -0.39 is 5.97 Å². The normalized spacial score (nSPS) is 10.6. The number of nitrogens with one attached hydrogen (secondary N) is 1. The predicted molar refractivity (Wildman–Crippen MR) is 122 cm³/mol. The van der Waals surface area contributed by atoms with E-state index in [-0.39, 0.29) is 12.5 Å². The van der Waals surface area contributed by atoms with Crippen LogP contribution >= 0.6 is 0 Å². The molecule has 0 saturated carbocycles. The van der Waals surface area contributed by atoms with Gasteiger partial charge in [0.1, 0.15) is 0 Å². The second kappa shape index (κ2) is 8.79. The van der Waals surface area contributed by atoms with Crippen molar-refractivity contribution in [2.45, 2.75) is 13.8 Å². The molecule has 5 heteroatoms. The molecular formula is C26H22N2O3. The zero-order valence-electron chi connectivity index (χ0n) is 17.4. The summed E-state index contributed by atoms with van der Waals surface area (Å²) < 4.78 is 5.35. The number of esters is 1. The molecule has 1 amide bonds. The predicted octanol–water partition coefficient (Wildman–Crippen LogP) is 5.31. The fourth-order valence-electron chi connectivity index (χ4n) is 3.37. The number of ether oxygens (including phenoxy) is 1. The molecule has 3 aromatic carbocycles. The monoisotopic (exact) mass is 410 g/mol.